The number of nitrogens with zero attached hydrogens (tertiary/aromatic N) is 1. The van der Waals surface area contributed by atoms with Gasteiger partial charge >= 0.3 is 0 Å². The van der Waals surface area contributed by atoms with Gasteiger partial charge in [-0.2, -0.15) is 0 Å². The first-order valence-electron chi connectivity index (χ1n) is 11.3. The van der Waals surface area contributed by atoms with Gasteiger partial charge in [-0.05, 0) is 56.4 Å². The van der Waals surface area contributed by atoms with Gasteiger partial charge in [0.2, 0.25) is 0 Å². The van der Waals surface area contributed by atoms with E-state index in [2.05, 4.69) is 22.0 Å². The second-order valence-electron chi connectivity index (χ2n) is 7.80. The minimum Gasteiger partial charge on any atom is -0.493 e. The highest BCUT2D eigenvalue weighted by atomic mass is 16.5. The molecule has 32 heavy (non-hydrogen) atoms. The normalized spacial score (nSPS) is 14.2. The van der Waals surface area contributed by atoms with Gasteiger partial charge in [0.25, 0.3) is 5.91 Å². The van der Waals surface area contributed by atoms with Crippen molar-refractivity contribution in [1.29, 1.82) is 0 Å². The van der Waals surface area contributed by atoms with Crippen molar-refractivity contribution < 1.29 is 14.3 Å². The van der Waals surface area contributed by atoms with Crippen LogP contribution in [0.25, 0.3) is 0 Å². The summed E-state index contributed by atoms with van der Waals surface area (Å²) in [6.07, 6.45) is 4.87. The first-order chi connectivity index (χ1) is 15.6. The highest BCUT2D eigenvalue weighted by molar-refractivity contribution is 5.93. The van der Waals surface area contributed by atoms with E-state index in [4.69, 9.17) is 14.5 Å². The molecule has 1 saturated carbocycles. The Hall–Kier alpha value is -3.22. The Bertz CT molecular complexity index is 906. The van der Waals surface area contributed by atoms with Crippen molar-refractivity contribution >= 4 is 11.9 Å². The average molecular weight is 439 g/mol. The van der Waals surface area contributed by atoms with E-state index in [1.165, 1.54) is 12.8 Å². The SMILES string of the molecule is CCNC(=NCc1ccc(C(=O)NC)cc1)NCc1cccc(OC)c1OC1CCCC1. The van der Waals surface area contributed by atoms with E-state index >= 15 is 0 Å². The monoisotopic (exact) mass is 438 g/mol. The maximum atomic E-state index is 11.7. The Morgan fingerprint density at radius 3 is 2.50 bits per heavy atom. The van der Waals surface area contributed by atoms with Crippen molar-refractivity contribution in [2.75, 3.05) is 20.7 Å². The summed E-state index contributed by atoms with van der Waals surface area (Å²) in [6, 6.07) is 13.5. The van der Waals surface area contributed by atoms with Gasteiger partial charge in [0.15, 0.2) is 17.5 Å². The minimum absolute atomic E-state index is 0.0935. The first-order valence-corrected chi connectivity index (χ1v) is 11.3. The summed E-state index contributed by atoms with van der Waals surface area (Å²) in [6.45, 7) is 3.87. The lowest BCUT2D eigenvalue weighted by atomic mass is 10.1. The van der Waals surface area contributed by atoms with Crippen LogP contribution >= 0.6 is 0 Å². The molecule has 0 atom stereocenters. The molecule has 0 spiro atoms. The van der Waals surface area contributed by atoms with Crippen LogP contribution in [0.2, 0.25) is 0 Å². The van der Waals surface area contributed by atoms with Crippen molar-refractivity contribution in [2.24, 2.45) is 4.99 Å². The topological polar surface area (TPSA) is 84.0 Å². The number of hydrogen-bond acceptors (Lipinski definition) is 4. The number of nitrogens with one attached hydrogen (secondary N) is 3. The maximum absolute atomic E-state index is 11.7. The van der Waals surface area contributed by atoms with Crippen LogP contribution in [0.1, 0.15) is 54.1 Å². The van der Waals surface area contributed by atoms with E-state index in [1.807, 2.05) is 43.3 Å². The molecule has 7 nitrogen and oxygen atoms in total. The fourth-order valence-corrected chi connectivity index (χ4v) is 3.76. The van der Waals surface area contributed by atoms with E-state index in [9.17, 15) is 4.79 Å². The Labute approximate surface area is 190 Å². The molecule has 0 aromatic heterocycles. The number of carbonyl (C=O) groups excluding carboxylic acids is 1. The number of guanidine groups is 1. The standard InChI is InChI=1S/C25H34N4O3/c1-4-27-25(28-16-18-12-14-19(15-13-18)24(30)26-2)29-17-20-8-7-11-22(31-3)23(20)32-21-9-5-6-10-21/h7-8,11-15,21H,4-6,9-10,16-17H2,1-3H3,(H,26,30)(H2,27,28,29). The van der Waals surface area contributed by atoms with Crippen LogP contribution in [-0.2, 0) is 13.1 Å². The zero-order valence-electron chi connectivity index (χ0n) is 19.2. The fourth-order valence-electron chi connectivity index (χ4n) is 3.76. The number of amides is 1. The minimum atomic E-state index is -0.0935. The van der Waals surface area contributed by atoms with Crippen LogP contribution in [0.15, 0.2) is 47.5 Å². The molecule has 0 bridgehead atoms. The molecule has 1 amide bonds. The maximum Gasteiger partial charge on any atom is 0.251 e. The van der Waals surface area contributed by atoms with E-state index in [1.54, 1.807) is 14.2 Å². The third-order valence-corrected chi connectivity index (χ3v) is 5.52. The summed E-state index contributed by atoms with van der Waals surface area (Å²) in [5, 5.41) is 9.32. The smallest absolute Gasteiger partial charge is 0.251 e. The highest BCUT2D eigenvalue weighted by Gasteiger charge is 2.20. The molecule has 0 heterocycles. The van der Waals surface area contributed by atoms with Crippen molar-refractivity contribution in [3.63, 3.8) is 0 Å². The quantitative estimate of drug-likeness (QED) is 0.411. The largest absolute Gasteiger partial charge is 0.493 e. The average Bonchev–Trinajstić information content (AvgIpc) is 3.34. The Balaban J connectivity index is 1.68. The van der Waals surface area contributed by atoms with E-state index in [-0.39, 0.29) is 12.0 Å². The van der Waals surface area contributed by atoms with Crippen LogP contribution in [0.5, 0.6) is 11.5 Å². The van der Waals surface area contributed by atoms with E-state index in [0.29, 0.717) is 18.7 Å². The number of hydrogen-bond donors (Lipinski definition) is 3. The van der Waals surface area contributed by atoms with E-state index in [0.717, 1.165) is 48.0 Å². The number of rotatable bonds is 9. The summed E-state index contributed by atoms with van der Waals surface area (Å²) in [4.78, 5) is 16.4. The fraction of sp³-hybridized carbons (Fsp3) is 0.440. The molecule has 7 heteroatoms. The number of para-hydroxylation sites is 1. The van der Waals surface area contributed by atoms with Gasteiger partial charge < -0.3 is 25.4 Å². The van der Waals surface area contributed by atoms with Gasteiger partial charge in [0.05, 0.1) is 19.8 Å². The molecule has 3 N–H and O–H groups in total. The number of methoxy groups -OCH3 is 1. The second-order valence-corrected chi connectivity index (χ2v) is 7.80. The predicted molar refractivity (Wildman–Crippen MR) is 127 cm³/mol. The second kappa shape index (κ2) is 12.0. The molecule has 2 aromatic rings. The zero-order chi connectivity index (χ0) is 22.8. The molecule has 2 aromatic carbocycles. The third kappa shape index (κ3) is 6.39. The molecule has 0 unspecified atom stereocenters. The lowest BCUT2D eigenvalue weighted by Crippen LogP contribution is -2.37. The number of aliphatic imine (C=N–C) groups is 1. The van der Waals surface area contributed by atoms with Crippen LogP contribution in [0.3, 0.4) is 0 Å². The van der Waals surface area contributed by atoms with Gasteiger partial charge in [0.1, 0.15) is 0 Å². The summed E-state index contributed by atoms with van der Waals surface area (Å²) < 4.78 is 11.9. The summed E-state index contributed by atoms with van der Waals surface area (Å²) in [5.41, 5.74) is 2.70. The Morgan fingerprint density at radius 2 is 1.84 bits per heavy atom. The van der Waals surface area contributed by atoms with Crippen LogP contribution in [0.4, 0.5) is 0 Å². The Kier molecular flexibility index (Phi) is 8.78. The summed E-state index contributed by atoms with van der Waals surface area (Å²) in [5.74, 6) is 2.20. The highest BCUT2D eigenvalue weighted by Crippen LogP contribution is 2.34. The van der Waals surface area contributed by atoms with Crippen molar-refractivity contribution in [1.82, 2.24) is 16.0 Å². The van der Waals surface area contributed by atoms with Crippen LogP contribution < -0.4 is 25.4 Å². The molecule has 172 valence electrons. The van der Waals surface area contributed by atoms with Gasteiger partial charge in [-0.3, -0.25) is 4.79 Å². The zero-order valence-corrected chi connectivity index (χ0v) is 19.2. The van der Waals surface area contributed by atoms with Gasteiger partial charge in [-0.15, -0.1) is 0 Å². The van der Waals surface area contributed by atoms with E-state index < -0.39 is 0 Å². The molecule has 0 radical (unpaired) electrons. The van der Waals surface area contributed by atoms with Crippen molar-refractivity contribution in [3.8, 4) is 11.5 Å². The van der Waals surface area contributed by atoms with Crippen LogP contribution in [-0.4, -0.2) is 38.7 Å². The van der Waals surface area contributed by atoms with Gasteiger partial charge in [-0.25, -0.2) is 4.99 Å². The molecule has 1 aliphatic rings. The molecule has 0 aliphatic heterocycles. The first kappa shape index (κ1) is 23.4. The summed E-state index contributed by atoms with van der Waals surface area (Å²) in [7, 11) is 3.30. The van der Waals surface area contributed by atoms with Crippen molar-refractivity contribution in [3.05, 3.63) is 59.2 Å². The lowest BCUT2D eigenvalue weighted by Gasteiger charge is -2.20. The third-order valence-electron chi connectivity index (χ3n) is 5.52. The molecule has 1 aliphatic carbocycles. The number of ether oxygens (including phenoxy) is 2. The molecule has 1 fully saturated rings. The molecule has 0 saturated heterocycles. The summed E-state index contributed by atoms with van der Waals surface area (Å²) >= 11 is 0. The van der Waals surface area contributed by atoms with Crippen molar-refractivity contribution in [2.45, 2.75) is 51.8 Å². The molecular weight excluding hydrogens is 404 g/mol. The van der Waals surface area contributed by atoms with Crippen LogP contribution in [0, 0.1) is 0 Å². The molecule has 3 rings (SSSR count). The van der Waals surface area contributed by atoms with Gasteiger partial charge in [-0.1, -0.05) is 24.3 Å². The van der Waals surface area contributed by atoms with Gasteiger partial charge in [0, 0.05) is 31.3 Å². The predicted octanol–water partition coefficient (Wildman–Crippen LogP) is 3.63. The lowest BCUT2D eigenvalue weighted by molar-refractivity contribution is 0.0963. The number of carbonyl (C=O) groups is 1. The molecular formula is C25H34N4O3. The number of benzene rings is 2. The Morgan fingerprint density at radius 1 is 1.09 bits per heavy atom.